The number of hydrogen-bond acceptors (Lipinski definition) is 4. The van der Waals surface area contributed by atoms with Crippen molar-refractivity contribution in [3.8, 4) is 0 Å². The first-order valence-electron chi connectivity index (χ1n) is 6.10. The van der Waals surface area contributed by atoms with Gasteiger partial charge < -0.3 is 9.84 Å². The van der Waals surface area contributed by atoms with E-state index in [9.17, 15) is 8.42 Å². The maximum atomic E-state index is 12.2. The van der Waals surface area contributed by atoms with E-state index >= 15 is 0 Å². The summed E-state index contributed by atoms with van der Waals surface area (Å²) in [6.45, 7) is 3.93. The number of aryl methyl sites for hydroxylation is 2. The molecule has 19 heavy (non-hydrogen) atoms. The molecule has 0 aliphatic rings. The third-order valence-corrected chi connectivity index (χ3v) is 4.47. The van der Waals surface area contributed by atoms with Crippen molar-refractivity contribution in [1.29, 1.82) is 0 Å². The van der Waals surface area contributed by atoms with Gasteiger partial charge in [-0.1, -0.05) is 6.07 Å². The van der Waals surface area contributed by atoms with E-state index < -0.39 is 16.1 Å². The monoisotopic (exact) mass is 287 g/mol. The molecule has 2 N–H and O–H groups in total. The molecule has 0 amide bonds. The quantitative estimate of drug-likeness (QED) is 0.784. The highest BCUT2D eigenvalue weighted by atomic mass is 32.2. The molecule has 1 rings (SSSR count). The Bertz CT molecular complexity index is 507. The molecule has 0 radical (unpaired) electrons. The van der Waals surface area contributed by atoms with Gasteiger partial charge >= 0.3 is 0 Å². The Morgan fingerprint density at radius 3 is 2.53 bits per heavy atom. The van der Waals surface area contributed by atoms with E-state index in [4.69, 9.17) is 9.84 Å². The van der Waals surface area contributed by atoms with Crippen LogP contribution in [0, 0.1) is 13.8 Å². The summed E-state index contributed by atoms with van der Waals surface area (Å²) in [5.74, 6) is 0. The van der Waals surface area contributed by atoms with Gasteiger partial charge in [-0.05, 0) is 43.5 Å². The first kappa shape index (κ1) is 16.1. The lowest BCUT2D eigenvalue weighted by Gasteiger charge is -2.17. The molecule has 0 bridgehead atoms. The Balaban J connectivity index is 2.92. The first-order chi connectivity index (χ1) is 8.90. The van der Waals surface area contributed by atoms with Gasteiger partial charge in [-0.15, -0.1) is 0 Å². The predicted octanol–water partition coefficient (Wildman–Crippen LogP) is 0.979. The van der Waals surface area contributed by atoms with E-state index in [-0.39, 0.29) is 18.1 Å². The number of ether oxygens (including phenoxy) is 1. The van der Waals surface area contributed by atoms with Crippen LogP contribution < -0.4 is 4.72 Å². The van der Waals surface area contributed by atoms with Gasteiger partial charge in [0.15, 0.2) is 0 Å². The standard InChI is InChI=1S/C13H21NO4S/c1-10-4-5-13(8-11(10)2)19(16,17)14-12(6-7-15)9-18-3/h4-5,8,12,14-15H,6-7,9H2,1-3H3. The lowest BCUT2D eigenvalue weighted by molar-refractivity contribution is 0.158. The molecule has 0 aromatic heterocycles. The molecule has 5 nitrogen and oxygen atoms in total. The average Bonchev–Trinajstić information content (AvgIpc) is 2.32. The van der Waals surface area contributed by atoms with Crippen molar-refractivity contribution < 1.29 is 18.3 Å². The molecule has 0 saturated carbocycles. The molecular formula is C13H21NO4S. The molecule has 0 aliphatic heterocycles. The molecule has 0 aliphatic carbocycles. The largest absolute Gasteiger partial charge is 0.396 e. The minimum absolute atomic E-state index is 0.0938. The normalized spacial score (nSPS) is 13.5. The lowest BCUT2D eigenvalue weighted by atomic mass is 10.1. The fraction of sp³-hybridized carbons (Fsp3) is 0.538. The second-order valence-corrected chi connectivity index (χ2v) is 6.25. The van der Waals surface area contributed by atoms with Gasteiger partial charge in [0.2, 0.25) is 10.0 Å². The van der Waals surface area contributed by atoms with Crippen LogP contribution in [0.1, 0.15) is 17.5 Å². The van der Waals surface area contributed by atoms with Crippen molar-refractivity contribution in [1.82, 2.24) is 4.72 Å². The number of rotatable bonds is 7. The van der Waals surface area contributed by atoms with Crippen molar-refractivity contribution >= 4 is 10.0 Å². The molecule has 0 heterocycles. The van der Waals surface area contributed by atoms with Crippen LogP contribution in [0.15, 0.2) is 23.1 Å². The Morgan fingerprint density at radius 1 is 1.32 bits per heavy atom. The Kier molecular flexibility index (Phi) is 5.93. The third kappa shape index (κ3) is 4.58. The van der Waals surface area contributed by atoms with Crippen LogP contribution in [-0.2, 0) is 14.8 Å². The summed E-state index contributed by atoms with van der Waals surface area (Å²) in [6, 6.07) is 4.57. The summed E-state index contributed by atoms with van der Waals surface area (Å²) in [6.07, 6.45) is 0.317. The van der Waals surface area contributed by atoms with Gasteiger partial charge in [0.05, 0.1) is 11.5 Å². The molecular weight excluding hydrogens is 266 g/mol. The number of aliphatic hydroxyl groups is 1. The summed E-state index contributed by atoms with van der Waals surface area (Å²) >= 11 is 0. The molecule has 1 aromatic rings. The van der Waals surface area contributed by atoms with Gasteiger partial charge in [-0.3, -0.25) is 0 Å². The minimum atomic E-state index is -3.58. The van der Waals surface area contributed by atoms with Crippen molar-refractivity contribution in [3.63, 3.8) is 0 Å². The zero-order chi connectivity index (χ0) is 14.5. The van der Waals surface area contributed by atoms with Crippen LogP contribution in [0.4, 0.5) is 0 Å². The van der Waals surface area contributed by atoms with E-state index in [0.29, 0.717) is 6.42 Å². The van der Waals surface area contributed by atoms with Gasteiger partial charge in [-0.2, -0.15) is 0 Å². The minimum Gasteiger partial charge on any atom is -0.396 e. The molecule has 0 saturated heterocycles. The number of nitrogens with one attached hydrogen (secondary N) is 1. The zero-order valence-electron chi connectivity index (χ0n) is 11.5. The van der Waals surface area contributed by atoms with Crippen molar-refractivity contribution in [2.24, 2.45) is 0 Å². The van der Waals surface area contributed by atoms with Crippen molar-refractivity contribution in [3.05, 3.63) is 29.3 Å². The third-order valence-electron chi connectivity index (χ3n) is 2.96. The number of aliphatic hydroxyl groups excluding tert-OH is 1. The highest BCUT2D eigenvalue weighted by Gasteiger charge is 2.20. The molecule has 0 spiro atoms. The van der Waals surface area contributed by atoms with Crippen molar-refractivity contribution in [2.75, 3.05) is 20.3 Å². The smallest absolute Gasteiger partial charge is 0.240 e. The maximum Gasteiger partial charge on any atom is 0.240 e. The van der Waals surface area contributed by atoms with Crippen molar-refractivity contribution in [2.45, 2.75) is 31.2 Å². The van der Waals surface area contributed by atoms with E-state index in [1.54, 1.807) is 18.2 Å². The number of sulfonamides is 1. The second kappa shape index (κ2) is 7.00. The fourth-order valence-corrected chi connectivity index (χ4v) is 3.04. The molecule has 1 atom stereocenters. The fourth-order valence-electron chi connectivity index (χ4n) is 1.70. The molecule has 1 aromatic carbocycles. The Hall–Kier alpha value is -0.950. The summed E-state index contributed by atoms with van der Waals surface area (Å²) in [7, 11) is -2.09. The molecule has 1 unspecified atom stereocenters. The highest BCUT2D eigenvalue weighted by Crippen LogP contribution is 2.15. The van der Waals surface area contributed by atoms with Gasteiger partial charge in [0.25, 0.3) is 0 Å². The SMILES string of the molecule is COCC(CCO)NS(=O)(=O)c1ccc(C)c(C)c1. The molecule has 108 valence electrons. The van der Waals surface area contributed by atoms with E-state index in [1.165, 1.54) is 7.11 Å². The number of benzene rings is 1. The summed E-state index contributed by atoms with van der Waals surface area (Å²) in [4.78, 5) is 0.231. The van der Waals surface area contributed by atoms with Crippen LogP contribution in [0.2, 0.25) is 0 Å². The topological polar surface area (TPSA) is 75.6 Å². The maximum absolute atomic E-state index is 12.2. The van der Waals surface area contributed by atoms with E-state index in [0.717, 1.165) is 11.1 Å². The lowest BCUT2D eigenvalue weighted by Crippen LogP contribution is -2.38. The van der Waals surface area contributed by atoms with Crippen LogP contribution in [-0.4, -0.2) is 39.9 Å². The van der Waals surface area contributed by atoms with E-state index in [1.807, 2.05) is 13.8 Å². The average molecular weight is 287 g/mol. The summed E-state index contributed by atoms with van der Waals surface area (Å²) in [5.41, 5.74) is 1.97. The first-order valence-corrected chi connectivity index (χ1v) is 7.58. The Morgan fingerprint density at radius 2 is 2.00 bits per heavy atom. The number of hydrogen-bond donors (Lipinski definition) is 2. The van der Waals surface area contributed by atoms with E-state index in [2.05, 4.69) is 4.72 Å². The highest BCUT2D eigenvalue weighted by molar-refractivity contribution is 7.89. The van der Waals surface area contributed by atoms with Crippen LogP contribution in [0.5, 0.6) is 0 Å². The molecule has 6 heteroatoms. The summed E-state index contributed by atoms with van der Waals surface area (Å²) < 4.78 is 31.9. The zero-order valence-corrected chi connectivity index (χ0v) is 12.3. The van der Waals surface area contributed by atoms with Gasteiger partial charge in [-0.25, -0.2) is 13.1 Å². The van der Waals surface area contributed by atoms with Gasteiger partial charge in [0, 0.05) is 19.8 Å². The summed E-state index contributed by atoms with van der Waals surface area (Å²) in [5, 5.41) is 8.92. The predicted molar refractivity (Wildman–Crippen MR) is 73.6 cm³/mol. The Labute approximate surface area is 114 Å². The number of methoxy groups -OCH3 is 1. The van der Waals surface area contributed by atoms with Crippen LogP contribution in [0.25, 0.3) is 0 Å². The second-order valence-electron chi connectivity index (χ2n) is 4.53. The van der Waals surface area contributed by atoms with Crippen LogP contribution >= 0.6 is 0 Å². The van der Waals surface area contributed by atoms with Crippen LogP contribution in [0.3, 0.4) is 0 Å². The molecule has 0 fully saturated rings. The van der Waals surface area contributed by atoms with Gasteiger partial charge in [0.1, 0.15) is 0 Å².